The number of nitrogens with two attached hydrogens (primary N) is 1. The van der Waals surface area contributed by atoms with Gasteiger partial charge in [0.05, 0.1) is 35.6 Å². The van der Waals surface area contributed by atoms with E-state index in [2.05, 4.69) is 65.6 Å². The van der Waals surface area contributed by atoms with Crippen molar-refractivity contribution < 1.29 is 4.74 Å². The molecule has 0 fully saturated rings. The van der Waals surface area contributed by atoms with Gasteiger partial charge in [0.15, 0.2) is 0 Å². The molecule has 20 heavy (non-hydrogen) atoms. The number of nitrogens with zero attached hydrogens (tertiary/aromatic N) is 2. The highest BCUT2D eigenvalue weighted by molar-refractivity contribution is 14.1. The third kappa shape index (κ3) is 3.62. The summed E-state index contributed by atoms with van der Waals surface area (Å²) in [5.74, 6) is 0. The fraction of sp³-hybridized carbons (Fsp3) is 0.308. The molecule has 7 heteroatoms. The number of benzene rings is 1. The molecule has 0 amide bonds. The first-order valence-electron chi connectivity index (χ1n) is 5.95. The van der Waals surface area contributed by atoms with Gasteiger partial charge in [-0.1, -0.05) is 15.9 Å². The molecule has 0 aliphatic heterocycles. The molecule has 0 saturated heterocycles. The van der Waals surface area contributed by atoms with Crippen LogP contribution in [0.2, 0.25) is 0 Å². The summed E-state index contributed by atoms with van der Waals surface area (Å²) in [6.45, 7) is 1.27. The Bertz CT molecular complexity index is 603. The maximum absolute atomic E-state index is 6.44. The van der Waals surface area contributed by atoms with E-state index in [-0.39, 0.29) is 6.04 Å². The lowest BCUT2D eigenvalue weighted by Crippen LogP contribution is -2.20. The average Bonchev–Trinajstić information content (AvgIpc) is 2.79. The maximum atomic E-state index is 6.44. The van der Waals surface area contributed by atoms with E-state index in [0.717, 1.165) is 23.8 Å². The summed E-state index contributed by atoms with van der Waals surface area (Å²) in [6, 6.07) is 5.88. The highest BCUT2D eigenvalue weighted by Crippen LogP contribution is 2.32. The third-order valence-corrected chi connectivity index (χ3v) is 4.93. The lowest BCUT2D eigenvalue weighted by Gasteiger charge is -2.17. The summed E-state index contributed by atoms with van der Waals surface area (Å²) in [4.78, 5) is 0. The highest BCUT2D eigenvalue weighted by atomic mass is 127. The molecular formula is C13H14Br2IN3O. The predicted octanol–water partition coefficient (Wildman–Crippen LogP) is 3.71. The molecule has 108 valence electrons. The van der Waals surface area contributed by atoms with Gasteiger partial charge in [-0.15, -0.1) is 0 Å². The molecule has 0 spiro atoms. The minimum absolute atomic E-state index is 0.257. The van der Waals surface area contributed by atoms with Gasteiger partial charge in [-0.05, 0) is 62.3 Å². The Morgan fingerprint density at radius 2 is 2.15 bits per heavy atom. The van der Waals surface area contributed by atoms with Crippen molar-refractivity contribution in [3.8, 4) is 0 Å². The standard InChI is InChI=1S/C13H14Br2IN3O/c1-20-5-4-19-13(11(15)7-18-19)12(17)9-6-8(16)2-3-10(9)14/h2-3,6-7,12H,4-5,17H2,1H3. The van der Waals surface area contributed by atoms with Crippen molar-refractivity contribution in [1.29, 1.82) is 0 Å². The van der Waals surface area contributed by atoms with E-state index >= 15 is 0 Å². The number of aromatic nitrogens is 2. The van der Waals surface area contributed by atoms with Gasteiger partial charge < -0.3 is 10.5 Å². The fourth-order valence-corrected chi connectivity index (χ4v) is 3.49. The van der Waals surface area contributed by atoms with Crippen LogP contribution in [0.25, 0.3) is 0 Å². The summed E-state index contributed by atoms with van der Waals surface area (Å²) in [5, 5.41) is 4.34. The van der Waals surface area contributed by atoms with Crippen molar-refractivity contribution in [3.05, 3.63) is 48.2 Å². The molecule has 2 rings (SSSR count). The minimum atomic E-state index is -0.257. The second-order valence-electron chi connectivity index (χ2n) is 4.24. The fourth-order valence-electron chi connectivity index (χ4n) is 1.94. The Labute approximate surface area is 148 Å². The molecule has 1 aromatic heterocycles. The zero-order chi connectivity index (χ0) is 14.7. The summed E-state index contributed by atoms with van der Waals surface area (Å²) in [5.41, 5.74) is 8.43. The summed E-state index contributed by atoms with van der Waals surface area (Å²) >= 11 is 9.38. The van der Waals surface area contributed by atoms with Crippen molar-refractivity contribution in [2.75, 3.05) is 13.7 Å². The molecule has 2 aromatic rings. The van der Waals surface area contributed by atoms with Crippen LogP contribution in [0.3, 0.4) is 0 Å². The normalized spacial score (nSPS) is 12.7. The van der Waals surface area contributed by atoms with E-state index in [1.807, 2.05) is 16.8 Å². The third-order valence-electron chi connectivity index (χ3n) is 2.93. The lowest BCUT2D eigenvalue weighted by molar-refractivity contribution is 0.182. The second-order valence-corrected chi connectivity index (χ2v) is 7.19. The van der Waals surface area contributed by atoms with Gasteiger partial charge in [-0.3, -0.25) is 4.68 Å². The molecule has 1 atom stereocenters. The van der Waals surface area contributed by atoms with Gasteiger partial charge in [-0.25, -0.2) is 0 Å². The first-order valence-corrected chi connectivity index (χ1v) is 8.61. The molecule has 0 saturated carbocycles. The molecule has 0 aliphatic rings. The smallest absolute Gasteiger partial charge is 0.0746 e. The SMILES string of the molecule is COCCn1ncc(Br)c1C(N)c1cc(I)ccc1Br. The molecule has 1 aromatic carbocycles. The van der Waals surface area contributed by atoms with Gasteiger partial charge in [0.25, 0.3) is 0 Å². The highest BCUT2D eigenvalue weighted by Gasteiger charge is 2.20. The van der Waals surface area contributed by atoms with Crippen LogP contribution >= 0.6 is 54.5 Å². The Balaban J connectivity index is 2.39. The molecular weight excluding hydrogens is 501 g/mol. The quantitative estimate of drug-likeness (QED) is 0.619. The van der Waals surface area contributed by atoms with Crippen molar-refractivity contribution in [2.24, 2.45) is 5.73 Å². The Morgan fingerprint density at radius 1 is 1.40 bits per heavy atom. The summed E-state index contributed by atoms with van der Waals surface area (Å²) in [6.07, 6.45) is 1.77. The van der Waals surface area contributed by atoms with Crippen LogP contribution in [0.1, 0.15) is 17.3 Å². The molecule has 1 heterocycles. The van der Waals surface area contributed by atoms with Gasteiger partial charge in [0.1, 0.15) is 0 Å². The van der Waals surface area contributed by atoms with Crippen LogP contribution in [-0.2, 0) is 11.3 Å². The number of rotatable bonds is 5. The zero-order valence-electron chi connectivity index (χ0n) is 10.8. The molecule has 0 bridgehead atoms. The topological polar surface area (TPSA) is 53.1 Å². The average molecular weight is 515 g/mol. The number of halogens is 3. The van der Waals surface area contributed by atoms with E-state index in [1.54, 1.807) is 13.3 Å². The van der Waals surface area contributed by atoms with Crippen LogP contribution in [0.5, 0.6) is 0 Å². The van der Waals surface area contributed by atoms with Crippen LogP contribution in [-0.4, -0.2) is 23.5 Å². The van der Waals surface area contributed by atoms with Crippen molar-refractivity contribution in [3.63, 3.8) is 0 Å². The van der Waals surface area contributed by atoms with Crippen LogP contribution in [0, 0.1) is 3.57 Å². The van der Waals surface area contributed by atoms with Gasteiger partial charge in [-0.2, -0.15) is 5.10 Å². The molecule has 4 nitrogen and oxygen atoms in total. The van der Waals surface area contributed by atoms with E-state index in [0.29, 0.717) is 13.2 Å². The first-order chi connectivity index (χ1) is 9.54. The predicted molar refractivity (Wildman–Crippen MR) is 94.7 cm³/mol. The number of ether oxygens (including phenoxy) is 1. The van der Waals surface area contributed by atoms with E-state index < -0.39 is 0 Å². The van der Waals surface area contributed by atoms with Crippen molar-refractivity contribution in [2.45, 2.75) is 12.6 Å². The minimum Gasteiger partial charge on any atom is -0.383 e. The van der Waals surface area contributed by atoms with Gasteiger partial charge in [0.2, 0.25) is 0 Å². The van der Waals surface area contributed by atoms with E-state index in [1.165, 1.54) is 0 Å². The summed E-state index contributed by atoms with van der Waals surface area (Å²) < 4.78 is 10.0. The zero-order valence-corrected chi connectivity index (χ0v) is 16.1. The van der Waals surface area contributed by atoms with Gasteiger partial charge in [0, 0.05) is 15.2 Å². The van der Waals surface area contributed by atoms with Crippen LogP contribution in [0.4, 0.5) is 0 Å². The maximum Gasteiger partial charge on any atom is 0.0746 e. The Hall–Kier alpha value is 0.0400. The lowest BCUT2D eigenvalue weighted by atomic mass is 10.0. The monoisotopic (exact) mass is 513 g/mol. The van der Waals surface area contributed by atoms with Crippen LogP contribution < -0.4 is 5.73 Å². The first kappa shape index (κ1) is 16.4. The van der Waals surface area contributed by atoms with E-state index in [4.69, 9.17) is 10.5 Å². The van der Waals surface area contributed by atoms with Crippen molar-refractivity contribution in [1.82, 2.24) is 9.78 Å². The number of hydrogen-bond acceptors (Lipinski definition) is 3. The molecule has 0 aliphatic carbocycles. The van der Waals surface area contributed by atoms with Crippen LogP contribution in [0.15, 0.2) is 33.3 Å². The Morgan fingerprint density at radius 3 is 2.85 bits per heavy atom. The summed E-state index contributed by atoms with van der Waals surface area (Å²) in [7, 11) is 1.67. The largest absolute Gasteiger partial charge is 0.383 e. The second kappa shape index (κ2) is 7.35. The molecule has 0 radical (unpaired) electrons. The molecule has 1 unspecified atom stereocenters. The number of methoxy groups -OCH3 is 1. The Kier molecular flexibility index (Phi) is 6.03. The van der Waals surface area contributed by atoms with Gasteiger partial charge >= 0.3 is 0 Å². The van der Waals surface area contributed by atoms with E-state index in [9.17, 15) is 0 Å². The molecule has 2 N–H and O–H groups in total. The number of hydrogen-bond donors (Lipinski definition) is 1. The van der Waals surface area contributed by atoms with Crippen molar-refractivity contribution >= 4 is 54.5 Å².